The van der Waals surface area contributed by atoms with Crippen LogP contribution in [0.1, 0.15) is 24.0 Å². The summed E-state index contributed by atoms with van der Waals surface area (Å²) in [6, 6.07) is 15.4. The number of amides is 1. The number of piperidine rings is 1. The highest BCUT2D eigenvalue weighted by Crippen LogP contribution is 2.37. The zero-order valence-corrected chi connectivity index (χ0v) is 19.3. The predicted molar refractivity (Wildman–Crippen MR) is 127 cm³/mol. The second kappa shape index (κ2) is 9.43. The van der Waals surface area contributed by atoms with Gasteiger partial charge in [-0.3, -0.25) is 9.69 Å². The van der Waals surface area contributed by atoms with Gasteiger partial charge in [0, 0.05) is 55.9 Å². The number of carbonyl (C=O) groups excluding carboxylic acids is 1. The molecule has 1 amide bonds. The van der Waals surface area contributed by atoms with Crippen LogP contribution in [0, 0.1) is 5.82 Å². The molecule has 0 aliphatic carbocycles. The van der Waals surface area contributed by atoms with E-state index in [0.29, 0.717) is 13.0 Å². The van der Waals surface area contributed by atoms with Crippen LogP contribution < -0.4 is 0 Å². The van der Waals surface area contributed by atoms with Crippen LogP contribution in [0.3, 0.4) is 0 Å². The second-order valence-corrected chi connectivity index (χ2v) is 9.13. The molecule has 0 bridgehead atoms. The lowest BCUT2D eigenvalue weighted by Crippen LogP contribution is -2.51. The Morgan fingerprint density at radius 3 is 2.50 bits per heavy atom. The molecule has 1 aliphatic heterocycles. The Morgan fingerprint density at radius 1 is 1.09 bits per heavy atom. The number of rotatable bonds is 7. The second-order valence-electron chi connectivity index (χ2n) is 9.13. The van der Waals surface area contributed by atoms with Gasteiger partial charge in [-0.15, -0.1) is 0 Å². The number of likely N-dealkylation sites (N-methyl/N-ethyl adjacent to an activating group) is 1. The van der Waals surface area contributed by atoms with Crippen LogP contribution in [0.15, 0.2) is 54.7 Å². The van der Waals surface area contributed by atoms with Crippen LogP contribution in [-0.2, 0) is 16.8 Å². The number of likely N-dealkylation sites (tertiary alicyclic amines) is 1. The van der Waals surface area contributed by atoms with Crippen LogP contribution in [0.4, 0.5) is 4.39 Å². The fraction of sp³-hybridized carbons (Fsp3) is 0.423. The van der Waals surface area contributed by atoms with E-state index in [4.69, 9.17) is 0 Å². The van der Waals surface area contributed by atoms with Gasteiger partial charge in [0.15, 0.2) is 0 Å². The molecule has 0 atom stereocenters. The molecule has 1 N–H and O–H groups in total. The summed E-state index contributed by atoms with van der Waals surface area (Å²) in [6.07, 6.45) is 4.28. The van der Waals surface area contributed by atoms with Crippen molar-refractivity contribution in [1.29, 1.82) is 0 Å². The molecule has 6 heteroatoms. The zero-order chi connectivity index (χ0) is 22.7. The quantitative estimate of drug-likeness (QED) is 0.612. The van der Waals surface area contributed by atoms with Crippen LogP contribution in [0.5, 0.6) is 0 Å². The summed E-state index contributed by atoms with van der Waals surface area (Å²) in [5.74, 6) is -0.194. The average molecular weight is 437 g/mol. The molecule has 2 aromatic carbocycles. The minimum absolute atomic E-state index is 0.0777. The van der Waals surface area contributed by atoms with E-state index < -0.39 is 0 Å². The highest BCUT2D eigenvalue weighted by Gasteiger charge is 2.37. The van der Waals surface area contributed by atoms with Crippen molar-refractivity contribution < 1.29 is 9.18 Å². The number of benzene rings is 2. The van der Waals surface area contributed by atoms with Crippen molar-refractivity contribution >= 4 is 16.8 Å². The fourth-order valence-corrected chi connectivity index (χ4v) is 4.91. The minimum Gasteiger partial charge on any atom is -0.361 e. The zero-order valence-electron chi connectivity index (χ0n) is 19.3. The van der Waals surface area contributed by atoms with Gasteiger partial charge in [-0.25, -0.2) is 4.39 Å². The molecule has 0 saturated carbocycles. The topological polar surface area (TPSA) is 42.6 Å². The van der Waals surface area contributed by atoms with Crippen molar-refractivity contribution in [3.63, 3.8) is 0 Å². The van der Waals surface area contributed by atoms with Gasteiger partial charge in [-0.1, -0.05) is 30.3 Å². The van der Waals surface area contributed by atoms with Gasteiger partial charge in [0.2, 0.25) is 5.91 Å². The molecule has 170 valence electrons. The van der Waals surface area contributed by atoms with E-state index in [0.717, 1.165) is 48.9 Å². The van der Waals surface area contributed by atoms with Gasteiger partial charge in [-0.2, -0.15) is 0 Å². The van der Waals surface area contributed by atoms with Crippen LogP contribution >= 0.6 is 0 Å². The van der Waals surface area contributed by atoms with Gasteiger partial charge in [0.05, 0.1) is 6.42 Å². The molecular weight excluding hydrogens is 403 g/mol. The molecule has 3 aromatic rings. The first-order chi connectivity index (χ1) is 15.4. The maximum absolute atomic E-state index is 13.4. The number of aromatic amines is 1. The van der Waals surface area contributed by atoms with Gasteiger partial charge >= 0.3 is 0 Å². The standard InChI is InChI=1S/C26H33FN4O/c1-29(2)26(21-7-5-4-6-8-21)11-13-31(14-12-26)16-15-30(3)25(32)17-20-19-28-24-18-22(27)9-10-23(20)24/h4-10,18-19,28H,11-17H2,1-3H3. The van der Waals surface area contributed by atoms with E-state index in [1.54, 1.807) is 6.07 Å². The van der Waals surface area contributed by atoms with E-state index in [-0.39, 0.29) is 17.3 Å². The Bertz CT molecular complexity index is 1050. The van der Waals surface area contributed by atoms with Gasteiger partial charge < -0.3 is 14.8 Å². The van der Waals surface area contributed by atoms with Crippen LogP contribution in [0.2, 0.25) is 0 Å². The third-order valence-corrected chi connectivity index (χ3v) is 7.10. The maximum atomic E-state index is 13.4. The lowest BCUT2D eigenvalue weighted by atomic mass is 9.80. The molecule has 1 aromatic heterocycles. The molecule has 2 heterocycles. The van der Waals surface area contributed by atoms with Gasteiger partial charge in [0.1, 0.15) is 5.82 Å². The van der Waals surface area contributed by atoms with Crippen LogP contribution in [0.25, 0.3) is 10.9 Å². The molecule has 0 radical (unpaired) electrons. The number of hydrogen-bond acceptors (Lipinski definition) is 3. The molecule has 0 spiro atoms. The molecule has 0 unspecified atom stereocenters. The van der Waals surface area contributed by atoms with Gasteiger partial charge in [0.25, 0.3) is 0 Å². The molecule has 1 fully saturated rings. The van der Waals surface area contributed by atoms with Gasteiger partial charge in [-0.05, 0) is 56.3 Å². The normalized spacial score (nSPS) is 16.5. The lowest BCUT2D eigenvalue weighted by molar-refractivity contribution is -0.129. The summed E-state index contributed by atoms with van der Waals surface area (Å²) in [6.45, 7) is 3.61. The number of hydrogen-bond donors (Lipinski definition) is 1. The molecular formula is C26H33FN4O. The van der Waals surface area contributed by atoms with Crippen molar-refractivity contribution in [3.05, 3.63) is 71.7 Å². The largest absolute Gasteiger partial charge is 0.361 e. The predicted octanol–water partition coefficient (Wildman–Crippen LogP) is 3.86. The summed E-state index contributed by atoms with van der Waals surface area (Å²) in [5.41, 5.74) is 3.10. The van der Waals surface area contributed by atoms with Crippen molar-refractivity contribution in [2.75, 3.05) is 47.3 Å². The molecule has 32 heavy (non-hydrogen) atoms. The summed E-state index contributed by atoms with van der Waals surface area (Å²) < 4.78 is 13.4. The summed E-state index contributed by atoms with van der Waals surface area (Å²) in [5, 5.41) is 0.908. The summed E-state index contributed by atoms with van der Waals surface area (Å²) in [4.78, 5) is 22.5. The molecule has 5 nitrogen and oxygen atoms in total. The first-order valence-electron chi connectivity index (χ1n) is 11.3. The van der Waals surface area contributed by atoms with Crippen molar-refractivity contribution in [2.24, 2.45) is 0 Å². The first kappa shape index (κ1) is 22.5. The highest BCUT2D eigenvalue weighted by atomic mass is 19.1. The Balaban J connectivity index is 1.31. The van der Waals surface area contributed by atoms with Crippen LogP contribution in [-0.4, -0.2) is 72.9 Å². The number of H-pyrrole nitrogens is 1. The Morgan fingerprint density at radius 2 is 1.81 bits per heavy atom. The Labute approximate surface area is 189 Å². The fourth-order valence-electron chi connectivity index (χ4n) is 4.91. The average Bonchev–Trinajstić information content (AvgIpc) is 3.19. The maximum Gasteiger partial charge on any atom is 0.226 e. The number of nitrogens with zero attached hydrogens (tertiary/aromatic N) is 3. The number of carbonyl (C=O) groups is 1. The van der Waals surface area contributed by atoms with Crippen molar-refractivity contribution in [2.45, 2.75) is 24.8 Å². The number of halogens is 1. The van der Waals surface area contributed by atoms with Crippen molar-refractivity contribution in [3.8, 4) is 0 Å². The van der Waals surface area contributed by atoms with E-state index in [1.807, 2.05) is 18.1 Å². The monoisotopic (exact) mass is 436 g/mol. The lowest BCUT2D eigenvalue weighted by Gasteiger charge is -2.47. The number of fused-ring (bicyclic) bond motifs is 1. The van der Waals surface area contributed by atoms with E-state index >= 15 is 0 Å². The summed E-state index contributed by atoms with van der Waals surface area (Å²) in [7, 11) is 6.22. The number of aromatic nitrogens is 1. The SMILES string of the molecule is CN(CCN1CCC(c2ccccc2)(N(C)C)CC1)C(=O)Cc1c[nH]c2cc(F)ccc12. The smallest absolute Gasteiger partial charge is 0.226 e. The first-order valence-corrected chi connectivity index (χ1v) is 11.3. The summed E-state index contributed by atoms with van der Waals surface area (Å²) >= 11 is 0. The minimum atomic E-state index is -0.276. The molecule has 4 rings (SSSR count). The number of nitrogens with one attached hydrogen (secondary N) is 1. The molecule has 1 saturated heterocycles. The third-order valence-electron chi connectivity index (χ3n) is 7.10. The van der Waals surface area contributed by atoms with E-state index in [2.05, 4.69) is 59.2 Å². The molecule has 1 aliphatic rings. The van der Waals surface area contributed by atoms with Crippen molar-refractivity contribution in [1.82, 2.24) is 19.7 Å². The Hall–Kier alpha value is -2.70. The Kier molecular flexibility index (Phi) is 6.63. The third kappa shape index (κ3) is 4.57. The van der Waals surface area contributed by atoms with E-state index in [9.17, 15) is 9.18 Å². The van der Waals surface area contributed by atoms with E-state index in [1.165, 1.54) is 17.7 Å². The highest BCUT2D eigenvalue weighted by molar-refractivity contribution is 5.88.